The van der Waals surface area contributed by atoms with Crippen LogP contribution in [0.15, 0.2) is 18.2 Å². The number of halogens is 3. The molecule has 2 atom stereocenters. The fourth-order valence-corrected chi connectivity index (χ4v) is 3.43. The smallest absolute Gasteiger partial charge is 0.159 e. The van der Waals surface area contributed by atoms with E-state index in [-0.39, 0.29) is 18.4 Å². The van der Waals surface area contributed by atoms with E-state index < -0.39 is 11.6 Å². The van der Waals surface area contributed by atoms with Crippen molar-refractivity contribution in [3.05, 3.63) is 35.4 Å². The fraction of sp³-hybridized carbons (Fsp3) is 0.600. The molecule has 2 nitrogen and oxygen atoms in total. The van der Waals surface area contributed by atoms with Crippen molar-refractivity contribution in [3.63, 3.8) is 0 Å². The fourth-order valence-electron chi connectivity index (χ4n) is 3.43. The van der Waals surface area contributed by atoms with Crippen molar-refractivity contribution in [1.29, 1.82) is 0 Å². The first-order chi connectivity index (χ1) is 9.10. The molecule has 1 aromatic rings. The molecule has 1 N–H and O–H groups in total. The quantitative estimate of drug-likeness (QED) is 0.903. The van der Waals surface area contributed by atoms with Crippen LogP contribution in [0.2, 0.25) is 0 Å². The highest BCUT2D eigenvalue weighted by molar-refractivity contribution is 5.85. The van der Waals surface area contributed by atoms with Gasteiger partial charge in [-0.3, -0.25) is 4.90 Å². The predicted octanol–water partition coefficient (Wildman–Crippen LogP) is 3.13. The molecule has 2 saturated heterocycles. The highest BCUT2D eigenvalue weighted by Gasteiger charge is 2.41. The van der Waals surface area contributed by atoms with Gasteiger partial charge in [0.2, 0.25) is 0 Å². The van der Waals surface area contributed by atoms with Crippen molar-refractivity contribution in [1.82, 2.24) is 10.2 Å². The largest absolute Gasteiger partial charge is 0.316 e. The number of benzene rings is 1. The Labute approximate surface area is 124 Å². The Morgan fingerprint density at radius 1 is 1.25 bits per heavy atom. The maximum absolute atomic E-state index is 13.3. The average molecular weight is 303 g/mol. The molecule has 2 aliphatic heterocycles. The number of nitrogens with one attached hydrogen (secondary N) is 1. The van der Waals surface area contributed by atoms with Crippen LogP contribution in [0.25, 0.3) is 0 Å². The van der Waals surface area contributed by atoms with E-state index in [1.165, 1.54) is 25.0 Å². The summed E-state index contributed by atoms with van der Waals surface area (Å²) < 4.78 is 26.3. The summed E-state index contributed by atoms with van der Waals surface area (Å²) in [6, 6.07) is 4.40. The third-order valence-electron chi connectivity index (χ3n) is 4.77. The monoisotopic (exact) mass is 302 g/mol. The second-order valence-electron chi connectivity index (χ2n) is 6.00. The van der Waals surface area contributed by atoms with Crippen LogP contribution in [0.4, 0.5) is 8.78 Å². The summed E-state index contributed by atoms with van der Waals surface area (Å²) >= 11 is 0. The molecule has 2 heterocycles. The highest BCUT2D eigenvalue weighted by atomic mass is 35.5. The van der Waals surface area contributed by atoms with Crippen LogP contribution >= 0.6 is 12.4 Å². The summed E-state index contributed by atoms with van der Waals surface area (Å²) in [6.07, 6.45) is 2.43. The molecule has 1 aromatic carbocycles. The minimum absolute atomic E-state index is 0. The molecule has 2 fully saturated rings. The Hall–Kier alpha value is -0.710. The average Bonchev–Trinajstić information content (AvgIpc) is 3.03. The molecule has 0 saturated carbocycles. The van der Waals surface area contributed by atoms with Crippen molar-refractivity contribution in [2.24, 2.45) is 5.41 Å². The van der Waals surface area contributed by atoms with Gasteiger partial charge in [-0.2, -0.15) is 0 Å². The summed E-state index contributed by atoms with van der Waals surface area (Å²) in [5.74, 6) is -1.52. The van der Waals surface area contributed by atoms with Gasteiger partial charge in [-0.15, -0.1) is 12.4 Å². The van der Waals surface area contributed by atoms with Gasteiger partial charge in [-0.1, -0.05) is 6.07 Å². The molecular weight excluding hydrogens is 282 g/mol. The molecular formula is C15H21ClF2N2. The Morgan fingerprint density at radius 2 is 2.05 bits per heavy atom. The molecule has 1 spiro atoms. The van der Waals surface area contributed by atoms with Crippen LogP contribution in [-0.2, 0) is 0 Å². The summed E-state index contributed by atoms with van der Waals surface area (Å²) in [7, 11) is 0. The van der Waals surface area contributed by atoms with E-state index in [9.17, 15) is 8.78 Å². The first-order valence-electron chi connectivity index (χ1n) is 6.99. The van der Waals surface area contributed by atoms with E-state index in [0.29, 0.717) is 5.41 Å². The van der Waals surface area contributed by atoms with Crippen LogP contribution in [0, 0.1) is 17.0 Å². The van der Waals surface area contributed by atoms with Gasteiger partial charge in [-0.05, 0) is 56.0 Å². The van der Waals surface area contributed by atoms with E-state index in [4.69, 9.17) is 0 Å². The molecule has 2 aliphatic rings. The SMILES string of the molecule is CC(c1ccc(F)c(F)c1)N1CCC2(CCNC2)C1.Cl. The molecule has 3 rings (SSSR count). The first kappa shape index (κ1) is 15.7. The van der Waals surface area contributed by atoms with Crippen molar-refractivity contribution in [3.8, 4) is 0 Å². The number of hydrogen-bond donors (Lipinski definition) is 1. The number of nitrogens with zero attached hydrogens (tertiary/aromatic N) is 1. The van der Waals surface area contributed by atoms with Gasteiger partial charge < -0.3 is 5.32 Å². The minimum atomic E-state index is -0.770. The number of likely N-dealkylation sites (tertiary alicyclic amines) is 1. The van der Waals surface area contributed by atoms with Gasteiger partial charge in [0, 0.05) is 19.1 Å². The normalized spacial score (nSPS) is 27.8. The molecule has 20 heavy (non-hydrogen) atoms. The lowest BCUT2D eigenvalue weighted by Crippen LogP contribution is -2.30. The topological polar surface area (TPSA) is 15.3 Å². The standard InChI is InChI=1S/C15H20F2N2.ClH/c1-11(12-2-3-13(16)14(17)8-12)19-7-5-15(10-19)4-6-18-9-15;/h2-3,8,11,18H,4-7,9-10H2,1H3;1H. The molecule has 112 valence electrons. The van der Waals surface area contributed by atoms with Gasteiger partial charge in [0.1, 0.15) is 0 Å². The molecule has 0 aliphatic carbocycles. The molecule has 0 bridgehead atoms. The summed E-state index contributed by atoms with van der Waals surface area (Å²) in [6.45, 7) is 6.37. The summed E-state index contributed by atoms with van der Waals surface area (Å²) in [4.78, 5) is 2.39. The third kappa shape index (κ3) is 2.83. The summed E-state index contributed by atoms with van der Waals surface area (Å²) in [5, 5.41) is 3.43. The van der Waals surface area contributed by atoms with Crippen LogP contribution in [0.5, 0.6) is 0 Å². The molecule has 0 radical (unpaired) electrons. The van der Waals surface area contributed by atoms with Crippen LogP contribution in [-0.4, -0.2) is 31.1 Å². The van der Waals surface area contributed by atoms with Crippen molar-refractivity contribution in [2.45, 2.75) is 25.8 Å². The lowest BCUT2D eigenvalue weighted by Gasteiger charge is -2.27. The Balaban J connectivity index is 0.00000147. The Bertz CT molecular complexity index is 475. The van der Waals surface area contributed by atoms with Gasteiger partial charge in [-0.25, -0.2) is 8.78 Å². The molecule has 0 amide bonds. The van der Waals surface area contributed by atoms with Gasteiger partial charge in [0.25, 0.3) is 0 Å². The molecule has 2 unspecified atom stereocenters. The zero-order chi connectivity index (χ0) is 13.5. The second kappa shape index (κ2) is 5.96. The maximum Gasteiger partial charge on any atom is 0.159 e. The third-order valence-corrected chi connectivity index (χ3v) is 4.77. The minimum Gasteiger partial charge on any atom is -0.316 e. The summed E-state index contributed by atoms with van der Waals surface area (Å²) in [5.41, 5.74) is 1.27. The molecule has 0 aromatic heterocycles. The Morgan fingerprint density at radius 3 is 2.70 bits per heavy atom. The van der Waals surface area contributed by atoms with Crippen LogP contribution in [0.3, 0.4) is 0 Å². The van der Waals surface area contributed by atoms with Crippen molar-refractivity contribution >= 4 is 12.4 Å². The van der Waals surface area contributed by atoms with Gasteiger partial charge in [0.15, 0.2) is 11.6 Å². The van der Waals surface area contributed by atoms with Crippen molar-refractivity contribution < 1.29 is 8.78 Å². The van der Waals surface area contributed by atoms with Gasteiger partial charge >= 0.3 is 0 Å². The van der Waals surface area contributed by atoms with Crippen LogP contribution < -0.4 is 5.32 Å². The van der Waals surface area contributed by atoms with E-state index in [0.717, 1.165) is 31.7 Å². The van der Waals surface area contributed by atoms with Gasteiger partial charge in [0.05, 0.1) is 0 Å². The number of hydrogen-bond acceptors (Lipinski definition) is 2. The lowest BCUT2D eigenvalue weighted by molar-refractivity contribution is 0.223. The zero-order valence-electron chi connectivity index (χ0n) is 11.7. The molecule has 5 heteroatoms. The first-order valence-corrected chi connectivity index (χ1v) is 6.99. The van der Waals surface area contributed by atoms with E-state index in [2.05, 4.69) is 17.1 Å². The maximum atomic E-state index is 13.3. The lowest BCUT2D eigenvalue weighted by atomic mass is 9.86. The van der Waals surface area contributed by atoms with Crippen molar-refractivity contribution in [2.75, 3.05) is 26.2 Å². The van der Waals surface area contributed by atoms with E-state index in [1.54, 1.807) is 6.07 Å². The Kier molecular flexibility index (Phi) is 4.67. The zero-order valence-corrected chi connectivity index (χ0v) is 12.5. The van der Waals surface area contributed by atoms with Crippen LogP contribution in [0.1, 0.15) is 31.4 Å². The number of rotatable bonds is 2. The second-order valence-corrected chi connectivity index (χ2v) is 6.00. The van der Waals surface area contributed by atoms with E-state index in [1.807, 2.05) is 0 Å². The predicted molar refractivity (Wildman–Crippen MR) is 78.1 cm³/mol. The highest BCUT2D eigenvalue weighted by Crippen LogP contribution is 2.39. The van der Waals surface area contributed by atoms with E-state index >= 15 is 0 Å².